The third kappa shape index (κ3) is 2.48. The second kappa shape index (κ2) is 5.31. The predicted molar refractivity (Wildman–Crippen MR) is 86.7 cm³/mol. The highest BCUT2D eigenvalue weighted by atomic mass is 19.1. The second-order valence-electron chi connectivity index (χ2n) is 5.39. The first kappa shape index (κ1) is 13.6. The van der Waals surface area contributed by atoms with Gasteiger partial charge in [0.1, 0.15) is 11.6 Å². The molecular weight excluding hydrogens is 293 g/mol. The number of aromatic nitrogens is 4. The van der Waals surface area contributed by atoms with Gasteiger partial charge >= 0.3 is 0 Å². The summed E-state index contributed by atoms with van der Waals surface area (Å²) in [5.41, 5.74) is 1.41. The Hall–Kier alpha value is -3.02. The molecule has 1 atom stereocenters. The fourth-order valence-electron chi connectivity index (χ4n) is 2.61. The molecule has 0 aliphatic rings. The Bertz CT molecular complexity index is 995. The summed E-state index contributed by atoms with van der Waals surface area (Å²) < 4.78 is 15.3. The quantitative estimate of drug-likeness (QED) is 0.628. The van der Waals surface area contributed by atoms with Gasteiger partial charge in [-0.15, -0.1) is 10.2 Å². The van der Waals surface area contributed by atoms with Crippen LogP contribution in [0.4, 0.5) is 10.2 Å². The smallest absolute Gasteiger partial charge is 0.160 e. The van der Waals surface area contributed by atoms with E-state index in [1.54, 1.807) is 6.07 Å². The van der Waals surface area contributed by atoms with Crippen molar-refractivity contribution in [2.75, 3.05) is 5.32 Å². The monoisotopic (exact) mass is 307 g/mol. The lowest BCUT2D eigenvalue weighted by atomic mass is 10.2. The zero-order chi connectivity index (χ0) is 15.8. The number of fused-ring (bicyclic) bond motifs is 2. The Kier molecular flexibility index (Phi) is 3.15. The van der Waals surface area contributed by atoms with Crippen molar-refractivity contribution in [2.24, 2.45) is 0 Å². The lowest BCUT2D eigenvalue weighted by Gasteiger charge is -2.13. The average molecular weight is 307 g/mol. The summed E-state index contributed by atoms with van der Waals surface area (Å²) in [7, 11) is 0. The van der Waals surface area contributed by atoms with Gasteiger partial charge in [0, 0.05) is 17.6 Å². The van der Waals surface area contributed by atoms with Crippen molar-refractivity contribution in [3.8, 4) is 0 Å². The van der Waals surface area contributed by atoms with E-state index in [9.17, 15) is 4.39 Å². The minimum absolute atomic E-state index is 0.0918. The third-order valence-electron chi connectivity index (χ3n) is 3.75. The summed E-state index contributed by atoms with van der Waals surface area (Å²) in [6.07, 6.45) is 1.92. The fourth-order valence-corrected chi connectivity index (χ4v) is 2.61. The molecule has 3 heterocycles. The molecule has 0 fully saturated rings. The zero-order valence-corrected chi connectivity index (χ0v) is 12.4. The molecule has 0 aliphatic heterocycles. The van der Waals surface area contributed by atoms with Crippen LogP contribution in [0.15, 0.2) is 54.7 Å². The highest BCUT2D eigenvalue weighted by molar-refractivity contribution is 5.80. The minimum Gasteiger partial charge on any atom is -0.360 e. The molecule has 0 spiro atoms. The molecule has 3 aromatic heterocycles. The number of nitrogens with zero attached hydrogens (tertiary/aromatic N) is 4. The van der Waals surface area contributed by atoms with Crippen LogP contribution in [0.2, 0.25) is 0 Å². The molecule has 0 amide bonds. The molecule has 0 unspecified atom stereocenters. The Balaban J connectivity index is 1.67. The van der Waals surface area contributed by atoms with Crippen LogP contribution in [-0.2, 0) is 0 Å². The van der Waals surface area contributed by atoms with E-state index >= 15 is 0 Å². The first-order chi connectivity index (χ1) is 11.2. The van der Waals surface area contributed by atoms with Crippen molar-refractivity contribution in [1.29, 1.82) is 0 Å². The van der Waals surface area contributed by atoms with Crippen LogP contribution in [0.5, 0.6) is 0 Å². The molecule has 4 rings (SSSR count). The zero-order valence-electron chi connectivity index (χ0n) is 12.4. The van der Waals surface area contributed by atoms with Crippen molar-refractivity contribution in [3.63, 3.8) is 0 Å². The van der Waals surface area contributed by atoms with E-state index in [0.29, 0.717) is 11.3 Å². The van der Waals surface area contributed by atoms with Gasteiger partial charge in [-0.2, -0.15) is 0 Å². The van der Waals surface area contributed by atoms with Gasteiger partial charge in [0.25, 0.3) is 0 Å². The molecule has 114 valence electrons. The maximum Gasteiger partial charge on any atom is 0.160 e. The maximum absolute atomic E-state index is 13.3. The van der Waals surface area contributed by atoms with Crippen molar-refractivity contribution in [3.05, 3.63) is 66.4 Å². The Morgan fingerprint density at radius 1 is 1.09 bits per heavy atom. The summed E-state index contributed by atoms with van der Waals surface area (Å²) in [6.45, 7) is 1.99. The van der Waals surface area contributed by atoms with Crippen molar-refractivity contribution >= 4 is 22.4 Å². The number of hydrogen-bond donors (Lipinski definition) is 1. The number of hydrogen-bond acceptors (Lipinski definition) is 4. The van der Waals surface area contributed by atoms with E-state index < -0.39 is 0 Å². The van der Waals surface area contributed by atoms with Crippen molar-refractivity contribution in [2.45, 2.75) is 13.0 Å². The summed E-state index contributed by atoms with van der Waals surface area (Å²) in [5, 5.41) is 12.6. The van der Waals surface area contributed by atoms with E-state index in [1.165, 1.54) is 12.1 Å². The molecule has 0 radical (unpaired) electrons. The van der Waals surface area contributed by atoms with Crippen LogP contribution in [-0.4, -0.2) is 19.6 Å². The molecule has 0 saturated heterocycles. The van der Waals surface area contributed by atoms with Gasteiger partial charge in [-0.3, -0.25) is 4.40 Å². The van der Waals surface area contributed by atoms with E-state index in [4.69, 9.17) is 0 Å². The Morgan fingerprint density at radius 2 is 1.96 bits per heavy atom. The number of halogens is 1. The highest BCUT2D eigenvalue weighted by Crippen LogP contribution is 2.20. The van der Waals surface area contributed by atoms with Crippen LogP contribution >= 0.6 is 0 Å². The van der Waals surface area contributed by atoms with E-state index in [-0.39, 0.29) is 11.9 Å². The molecule has 0 aliphatic carbocycles. The maximum atomic E-state index is 13.3. The molecule has 0 saturated carbocycles. The lowest BCUT2D eigenvalue weighted by Crippen LogP contribution is -2.11. The largest absolute Gasteiger partial charge is 0.360 e. The first-order valence-corrected chi connectivity index (χ1v) is 7.33. The number of pyridine rings is 2. The van der Waals surface area contributed by atoms with Gasteiger partial charge in [-0.1, -0.05) is 6.07 Å². The van der Waals surface area contributed by atoms with Gasteiger partial charge in [0.05, 0.1) is 11.6 Å². The summed E-state index contributed by atoms with van der Waals surface area (Å²) in [6, 6.07) is 14.0. The van der Waals surface area contributed by atoms with E-state index in [2.05, 4.69) is 20.5 Å². The lowest BCUT2D eigenvalue weighted by molar-refractivity contribution is 0.629. The van der Waals surface area contributed by atoms with Crippen molar-refractivity contribution < 1.29 is 4.39 Å². The first-order valence-electron chi connectivity index (χ1n) is 7.33. The predicted octanol–water partition coefficient (Wildman–Crippen LogP) is 3.59. The number of nitrogens with one attached hydrogen (secondary N) is 1. The van der Waals surface area contributed by atoms with E-state index in [1.807, 2.05) is 47.9 Å². The highest BCUT2D eigenvalue weighted by Gasteiger charge is 2.13. The van der Waals surface area contributed by atoms with Crippen LogP contribution in [0.25, 0.3) is 16.6 Å². The molecule has 6 heteroatoms. The summed E-state index contributed by atoms with van der Waals surface area (Å²) in [4.78, 5) is 4.46. The Morgan fingerprint density at radius 3 is 2.87 bits per heavy atom. The Labute approximate surface area is 131 Å². The average Bonchev–Trinajstić information content (AvgIpc) is 2.98. The van der Waals surface area contributed by atoms with Crippen LogP contribution < -0.4 is 5.32 Å². The summed E-state index contributed by atoms with van der Waals surface area (Å²) in [5.74, 6) is 1.17. The molecule has 1 N–H and O–H groups in total. The summed E-state index contributed by atoms with van der Waals surface area (Å²) >= 11 is 0. The molecule has 4 aromatic rings. The van der Waals surface area contributed by atoms with Gasteiger partial charge in [-0.05, 0) is 43.3 Å². The van der Waals surface area contributed by atoms with Gasteiger partial charge in [-0.25, -0.2) is 9.37 Å². The molecule has 1 aromatic carbocycles. The minimum atomic E-state index is -0.293. The van der Waals surface area contributed by atoms with Crippen LogP contribution in [0, 0.1) is 5.82 Å². The molecule has 23 heavy (non-hydrogen) atoms. The number of anilines is 1. The van der Waals surface area contributed by atoms with Crippen molar-refractivity contribution in [1.82, 2.24) is 19.6 Å². The molecule has 5 nitrogen and oxygen atoms in total. The van der Waals surface area contributed by atoms with Crippen LogP contribution in [0.1, 0.15) is 18.8 Å². The molecular formula is C17H14FN5. The second-order valence-corrected chi connectivity index (χ2v) is 5.39. The SMILES string of the molecule is C[C@@H](Nc1ccc2ccc(F)cc2n1)c1nnc2ccccn12. The van der Waals surface area contributed by atoms with Crippen LogP contribution in [0.3, 0.4) is 0 Å². The topological polar surface area (TPSA) is 55.1 Å². The standard InChI is InChI=1S/C17H14FN5/c1-11(17-22-21-16-4-2-3-9-23(16)17)19-15-8-6-12-5-7-13(18)10-14(12)20-15/h2-11H,1H3,(H,19,20)/t11-/m1/s1. The van der Waals surface area contributed by atoms with E-state index in [0.717, 1.165) is 16.9 Å². The van der Waals surface area contributed by atoms with Gasteiger partial charge < -0.3 is 5.32 Å². The number of benzene rings is 1. The normalized spacial score (nSPS) is 12.6. The third-order valence-corrected chi connectivity index (χ3v) is 3.75. The molecule has 0 bridgehead atoms. The van der Waals surface area contributed by atoms with Gasteiger partial charge in [0.15, 0.2) is 11.5 Å². The van der Waals surface area contributed by atoms with Gasteiger partial charge in [0.2, 0.25) is 0 Å². The fraction of sp³-hybridized carbons (Fsp3) is 0.118. The number of rotatable bonds is 3.